The van der Waals surface area contributed by atoms with Gasteiger partial charge in [-0.1, -0.05) is 0 Å². The Kier molecular flexibility index (Phi) is 1.60. The van der Waals surface area contributed by atoms with Crippen molar-refractivity contribution < 1.29 is 0 Å². The molecule has 0 aromatic carbocycles. The van der Waals surface area contributed by atoms with Crippen LogP contribution in [0.25, 0.3) is 0 Å². The van der Waals surface area contributed by atoms with E-state index in [1.807, 2.05) is 0 Å². The smallest absolute Gasteiger partial charge is 0.264 e. The number of H-pyrrole nitrogens is 1. The first kappa shape index (κ1) is 5.98. The standard InChI is InChI=1S/C4H3N3OS/c5-3-9-7-2-1-4(8)6-7/h1-2H,(H,6,8). The Labute approximate surface area is 55.2 Å². The van der Waals surface area contributed by atoms with Crippen LogP contribution in [0.2, 0.25) is 0 Å². The highest BCUT2D eigenvalue weighted by atomic mass is 32.2. The van der Waals surface area contributed by atoms with Gasteiger partial charge in [0.25, 0.3) is 5.56 Å². The maximum atomic E-state index is 10.4. The van der Waals surface area contributed by atoms with Gasteiger partial charge < -0.3 is 0 Å². The summed E-state index contributed by atoms with van der Waals surface area (Å²) >= 11 is 0.863. The maximum absolute atomic E-state index is 10.4. The molecule has 0 fully saturated rings. The fourth-order valence-electron chi connectivity index (χ4n) is 0.416. The van der Waals surface area contributed by atoms with E-state index in [0.717, 1.165) is 11.9 Å². The minimum Gasteiger partial charge on any atom is -0.268 e. The molecule has 0 spiro atoms. The Morgan fingerprint density at radius 3 is 3.11 bits per heavy atom. The quantitative estimate of drug-likeness (QED) is 0.566. The topological polar surface area (TPSA) is 61.6 Å². The zero-order valence-corrected chi connectivity index (χ0v) is 5.18. The fraction of sp³-hybridized carbons (Fsp3) is 0. The van der Waals surface area contributed by atoms with Crippen molar-refractivity contribution in [3.63, 3.8) is 0 Å². The molecule has 4 nitrogen and oxygen atoms in total. The average Bonchev–Trinajstić information content (AvgIpc) is 2.17. The first-order valence-corrected chi connectivity index (χ1v) is 2.94. The Bertz CT molecular complexity index is 280. The lowest BCUT2D eigenvalue weighted by atomic mass is 10.7. The van der Waals surface area contributed by atoms with Crippen molar-refractivity contribution in [1.82, 2.24) is 9.19 Å². The van der Waals surface area contributed by atoms with Crippen LogP contribution < -0.4 is 5.56 Å². The number of hydrogen-bond donors (Lipinski definition) is 1. The first-order valence-electron chi connectivity index (χ1n) is 2.17. The molecule has 0 aliphatic rings. The monoisotopic (exact) mass is 141 g/mol. The van der Waals surface area contributed by atoms with Crippen molar-refractivity contribution in [2.45, 2.75) is 0 Å². The Hall–Kier alpha value is -1.15. The van der Waals surface area contributed by atoms with Crippen molar-refractivity contribution in [2.75, 3.05) is 0 Å². The van der Waals surface area contributed by atoms with E-state index in [1.165, 1.54) is 16.4 Å². The van der Waals surface area contributed by atoms with Gasteiger partial charge in [-0.05, 0) is 0 Å². The Morgan fingerprint density at radius 2 is 2.67 bits per heavy atom. The van der Waals surface area contributed by atoms with E-state index in [1.54, 1.807) is 5.40 Å². The molecule has 0 saturated heterocycles. The summed E-state index contributed by atoms with van der Waals surface area (Å²) in [6, 6.07) is 1.35. The van der Waals surface area contributed by atoms with E-state index in [4.69, 9.17) is 5.26 Å². The number of aromatic amines is 1. The van der Waals surface area contributed by atoms with Gasteiger partial charge >= 0.3 is 0 Å². The van der Waals surface area contributed by atoms with Crippen LogP contribution >= 0.6 is 11.9 Å². The second kappa shape index (κ2) is 2.42. The normalized spacial score (nSPS) is 8.78. The van der Waals surface area contributed by atoms with E-state index in [9.17, 15) is 4.79 Å². The van der Waals surface area contributed by atoms with Gasteiger partial charge in [0.15, 0.2) is 5.40 Å². The molecule has 1 heterocycles. The van der Waals surface area contributed by atoms with Gasteiger partial charge in [0.05, 0.1) is 11.9 Å². The van der Waals surface area contributed by atoms with Crippen molar-refractivity contribution in [3.8, 4) is 5.40 Å². The summed E-state index contributed by atoms with van der Waals surface area (Å²) in [7, 11) is 0. The molecule has 9 heavy (non-hydrogen) atoms. The molecule has 0 unspecified atom stereocenters. The minimum absolute atomic E-state index is 0.197. The summed E-state index contributed by atoms with van der Waals surface area (Å²) in [5, 5.41) is 12.3. The lowest BCUT2D eigenvalue weighted by Gasteiger charge is -1.85. The molecule has 0 bridgehead atoms. The molecule has 0 saturated carbocycles. The third-order valence-corrected chi connectivity index (χ3v) is 1.21. The SMILES string of the molecule is N#CSn1ccc(=O)[nH]1. The molecule has 1 aromatic heterocycles. The summed E-state index contributed by atoms with van der Waals surface area (Å²) < 4.78 is 1.34. The number of hydrogen-bond acceptors (Lipinski definition) is 3. The molecular weight excluding hydrogens is 138 g/mol. The van der Waals surface area contributed by atoms with Crippen molar-refractivity contribution in [3.05, 3.63) is 22.6 Å². The maximum Gasteiger partial charge on any atom is 0.264 e. The van der Waals surface area contributed by atoms with Gasteiger partial charge in [0, 0.05) is 12.3 Å². The van der Waals surface area contributed by atoms with Crippen molar-refractivity contribution in [1.29, 1.82) is 5.26 Å². The van der Waals surface area contributed by atoms with E-state index >= 15 is 0 Å². The lowest BCUT2D eigenvalue weighted by Crippen LogP contribution is -1.98. The molecule has 0 aliphatic carbocycles. The molecule has 5 heteroatoms. The Morgan fingerprint density at radius 1 is 1.89 bits per heavy atom. The molecule has 1 rings (SSSR count). The summed E-state index contributed by atoms with van der Waals surface area (Å²) in [5.74, 6) is 0. The highest BCUT2D eigenvalue weighted by Gasteiger charge is 1.87. The van der Waals surface area contributed by atoms with Crippen LogP contribution in [0.5, 0.6) is 0 Å². The van der Waals surface area contributed by atoms with Gasteiger partial charge in [-0.2, -0.15) is 5.26 Å². The van der Waals surface area contributed by atoms with Crippen LogP contribution in [0.4, 0.5) is 0 Å². The van der Waals surface area contributed by atoms with Crippen LogP contribution in [0, 0.1) is 10.7 Å². The number of nitrogens with one attached hydrogen (secondary N) is 1. The zero-order chi connectivity index (χ0) is 6.69. The summed E-state index contributed by atoms with van der Waals surface area (Å²) in [4.78, 5) is 10.4. The highest BCUT2D eigenvalue weighted by molar-refractivity contribution is 8.02. The largest absolute Gasteiger partial charge is 0.268 e. The molecule has 0 aliphatic heterocycles. The van der Waals surface area contributed by atoms with Gasteiger partial charge in [-0.25, -0.2) is 4.09 Å². The lowest BCUT2D eigenvalue weighted by molar-refractivity contribution is 0.988. The van der Waals surface area contributed by atoms with Crippen LogP contribution in [0.3, 0.4) is 0 Å². The predicted octanol–water partition coefficient (Wildman–Crippen LogP) is 0.154. The fourth-order valence-corrected chi connectivity index (χ4v) is 0.761. The third kappa shape index (κ3) is 1.37. The van der Waals surface area contributed by atoms with Gasteiger partial charge in [0.2, 0.25) is 0 Å². The third-order valence-electron chi connectivity index (χ3n) is 0.721. The molecule has 1 aromatic rings. The second-order valence-corrected chi connectivity index (χ2v) is 2.06. The molecule has 0 amide bonds. The molecule has 0 radical (unpaired) electrons. The Balaban J connectivity index is 2.88. The molecule has 0 atom stereocenters. The first-order chi connectivity index (χ1) is 4.33. The zero-order valence-electron chi connectivity index (χ0n) is 4.37. The average molecular weight is 141 g/mol. The van der Waals surface area contributed by atoms with Gasteiger partial charge in [0.1, 0.15) is 0 Å². The van der Waals surface area contributed by atoms with Crippen LogP contribution in [-0.4, -0.2) is 9.19 Å². The summed E-state index contributed by atoms with van der Waals surface area (Å²) in [5.41, 5.74) is -0.197. The predicted molar refractivity (Wildman–Crippen MR) is 33.7 cm³/mol. The highest BCUT2D eigenvalue weighted by Crippen LogP contribution is 1.95. The van der Waals surface area contributed by atoms with Gasteiger partial charge in [-0.3, -0.25) is 9.89 Å². The second-order valence-electron chi connectivity index (χ2n) is 1.30. The summed E-state index contributed by atoms with van der Waals surface area (Å²) in [6.45, 7) is 0. The van der Waals surface area contributed by atoms with Crippen LogP contribution in [0.15, 0.2) is 17.1 Å². The van der Waals surface area contributed by atoms with Crippen LogP contribution in [0.1, 0.15) is 0 Å². The van der Waals surface area contributed by atoms with Crippen molar-refractivity contribution >= 4 is 11.9 Å². The minimum atomic E-state index is -0.197. The number of nitriles is 1. The molecule has 1 N–H and O–H groups in total. The van der Waals surface area contributed by atoms with E-state index in [-0.39, 0.29) is 5.56 Å². The number of thiocyanates is 1. The molecular formula is C4H3N3OS. The van der Waals surface area contributed by atoms with E-state index in [2.05, 4.69) is 5.10 Å². The number of rotatable bonds is 1. The number of aromatic nitrogens is 2. The van der Waals surface area contributed by atoms with E-state index in [0.29, 0.717) is 0 Å². The van der Waals surface area contributed by atoms with Crippen LogP contribution in [-0.2, 0) is 0 Å². The van der Waals surface area contributed by atoms with Crippen molar-refractivity contribution in [2.24, 2.45) is 0 Å². The number of nitrogens with zero attached hydrogens (tertiary/aromatic N) is 2. The van der Waals surface area contributed by atoms with E-state index < -0.39 is 0 Å². The molecule has 46 valence electrons. The van der Waals surface area contributed by atoms with Gasteiger partial charge in [-0.15, -0.1) is 0 Å². The summed E-state index contributed by atoms with van der Waals surface area (Å²) in [6.07, 6.45) is 1.50.